The van der Waals surface area contributed by atoms with Gasteiger partial charge >= 0.3 is 0 Å². The molecular formula is C27H41N4O3P. The van der Waals surface area contributed by atoms with Gasteiger partial charge in [-0.3, -0.25) is 9.56 Å². The normalized spacial score (nSPS) is 28.7. The molecule has 1 fully saturated rings. The van der Waals surface area contributed by atoms with Gasteiger partial charge in [-0.2, -0.15) is 0 Å². The van der Waals surface area contributed by atoms with Crippen LogP contribution in [0.15, 0.2) is 61.8 Å². The number of rotatable bonds is 8. The minimum atomic E-state index is -2.90. The Morgan fingerprint density at radius 1 is 1.20 bits per heavy atom. The Balaban J connectivity index is 1.71. The zero-order valence-electron chi connectivity index (χ0n) is 21.9. The van der Waals surface area contributed by atoms with Gasteiger partial charge in [0.05, 0.1) is 5.71 Å². The van der Waals surface area contributed by atoms with Crippen LogP contribution >= 0.6 is 7.29 Å². The second-order valence-corrected chi connectivity index (χ2v) is 13.0. The first kappa shape index (κ1) is 27.3. The molecule has 0 spiro atoms. The number of allylic oxidation sites excluding steroid dienone is 6. The van der Waals surface area contributed by atoms with E-state index in [9.17, 15) is 9.47 Å². The molecule has 1 atom stereocenters. The van der Waals surface area contributed by atoms with Crippen molar-refractivity contribution in [1.82, 2.24) is 0 Å². The van der Waals surface area contributed by atoms with E-state index in [2.05, 4.69) is 34.2 Å². The highest BCUT2D eigenvalue weighted by atomic mass is 31.2. The van der Waals surface area contributed by atoms with Crippen molar-refractivity contribution in [3.8, 4) is 0 Å². The minimum absolute atomic E-state index is 0.337. The first-order valence-corrected chi connectivity index (χ1v) is 15.0. The Morgan fingerprint density at radius 3 is 2.51 bits per heavy atom. The molecule has 2 N–H and O–H groups in total. The molecule has 2 aliphatic carbocycles. The zero-order chi connectivity index (χ0) is 25.6. The van der Waals surface area contributed by atoms with Gasteiger partial charge in [-0.15, -0.1) is 4.91 Å². The molecule has 0 radical (unpaired) electrons. The number of hydrogen-bond acceptors (Lipinski definition) is 6. The average Bonchev–Trinajstić information content (AvgIpc) is 3.05. The maximum Gasteiger partial charge on any atom is 0.238 e. The van der Waals surface area contributed by atoms with Crippen LogP contribution in [-0.2, 0) is 9.30 Å². The Morgan fingerprint density at radius 2 is 1.91 bits per heavy atom. The van der Waals surface area contributed by atoms with E-state index in [0.29, 0.717) is 48.0 Å². The van der Waals surface area contributed by atoms with Crippen molar-refractivity contribution in [3.63, 3.8) is 0 Å². The number of nitroso groups, excluding NO2 is 1. The fourth-order valence-electron chi connectivity index (χ4n) is 5.27. The predicted octanol–water partition coefficient (Wildman–Crippen LogP) is 6.92. The fourth-order valence-corrected chi connectivity index (χ4v) is 7.47. The third kappa shape index (κ3) is 6.69. The highest BCUT2D eigenvalue weighted by Crippen LogP contribution is 2.51. The number of nitrogens with two attached hydrogens (primary N) is 1. The Hall–Kier alpha value is -2.27. The second kappa shape index (κ2) is 11.6. The highest BCUT2D eigenvalue weighted by molar-refractivity contribution is 7.62. The molecule has 3 aliphatic rings. The third-order valence-electron chi connectivity index (χ3n) is 7.03. The molecule has 0 aromatic heterocycles. The lowest BCUT2D eigenvalue weighted by atomic mass is 9.79. The molecule has 0 aromatic carbocycles. The van der Waals surface area contributed by atoms with Crippen LogP contribution in [0.5, 0.6) is 0 Å². The van der Waals surface area contributed by atoms with E-state index in [4.69, 9.17) is 15.5 Å². The summed E-state index contributed by atoms with van der Waals surface area (Å²) in [5, 5.41) is 0. The second-order valence-electron chi connectivity index (χ2n) is 10.4. The molecule has 8 heteroatoms. The quantitative estimate of drug-likeness (QED) is 0.288. The average molecular weight is 501 g/mol. The molecule has 0 saturated heterocycles. The minimum Gasteiger partial charge on any atom is -0.464 e. The van der Waals surface area contributed by atoms with Gasteiger partial charge in [0.25, 0.3) is 0 Å². The van der Waals surface area contributed by atoms with Crippen LogP contribution in [0.1, 0.15) is 73.1 Å². The molecule has 7 nitrogen and oxygen atoms in total. The van der Waals surface area contributed by atoms with Gasteiger partial charge in [-0.1, -0.05) is 31.2 Å². The van der Waals surface area contributed by atoms with Gasteiger partial charge in [0.15, 0.2) is 0 Å². The first-order valence-electron chi connectivity index (χ1n) is 12.9. The first-order chi connectivity index (χ1) is 16.6. The summed E-state index contributed by atoms with van der Waals surface area (Å²) >= 11 is 0. The summed E-state index contributed by atoms with van der Waals surface area (Å²) in [6.45, 7) is 10.4. The summed E-state index contributed by atoms with van der Waals surface area (Å²) in [7, 11) is -2.90. The molecule has 0 aromatic rings. The van der Waals surface area contributed by atoms with E-state index in [1.807, 2.05) is 34.6 Å². The van der Waals surface area contributed by atoms with Gasteiger partial charge < -0.3 is 10.5 Å². The molecule has 1 aliphatic heterocycles. The Kier molecular flexibility index (Phi) is 9.09. The van der Waals surface area contributed by atoms with Crippen LogP contribution < -0.4 is 5.73 Å². The van der Waals surface area contributed by atoms with Gasteiger partial charge in [-0.05, 0) is 94.1 Å². The molecule has 3 rings (SSSR count). The zero-order valence-corrected chi connectivity index (χ0v) is 22.8. The number of ether oxygens (including phenoxy) is 1. The van der Waals surface area contributed by atoms with Gasteiger partial charge in [0.1, 0.15) is 11.3 Å². The molecule has 1 unspecified atom stereocenters. The largest absolute Gasteiger partial charge is 0.464 e. The van der Waals surface area contributed by atoms with Crippen molar-refractivity contribution in [3.05, 3.63) is 51.8 Å². The molecule has 1 saturated carbocycles. The van der Waals surface area contributed by atoms with Crippen LogP contribution in [0.4, 0.5) is 0 Å². The van der Waals surface area contributed by atoms with E-state index >= 15 is 0 Å². The van der Waals surface area contributed by atoms with Crippen LogP contribution in [0.3, 0.4) is 0 Å². The predicted molar refractivity (Wildman–Crippen MR) is 146 cm³/mol. The number of aliphatic imine (C=N–C) groups is 2. The number of hydrogen-bond donors (Lipinski definition) is 1. The van der Waals surface area contributed by atoms with Crippen LogP contribution in [-0.4, -0.2) is 36.1 Å². The van der Waals surface area contributed by atoms with E-state index in [1.165, 1.54) is 5.57 Å². The topological polar surface area (TPSA) is 106 Å². The maximum atomic E-state index is 12.7. The SMILES string of the molecule is CCCP(=O)(C[C@H]1CC[C@H](C2=CCC=C(C3=NC(=C(/C)N)/C(=N\CC)OC3(C)C)C=C2)CC1)N=O. The van der Waals surface area contributed by atoms with Crippen molar-refractivity contribution in [1.29, 1.82) is 0 Å². The van der Waals surface area contributed by atoms with Crippen LogP contribution in [0.25, 0.3) is 0 Å². The summed E-state index contributed by atoms with van der Waals surface area (Å²) in [6.07, 6.45) is 15.4. The van der Waals surface area contributed by atoms with Gasteiger partial charge in [0, 0.05) is 24.6 Å². The molecule has 0 amide bonds. The van der Waals surface area contributed by atoms with Gasteiger partial charge in [0.2, 0.25) is 13.2 Å². The molecule has 1 heterocycles. The van der Waals surface area contributed by atoms with Crippen molar-refractivity contribution in [2.45, 2.75) is 78.7 Å². The van der Waals surface area contributed by atoms with Crippen LogP contribution in [0.2, 0.25) is 0 Å². The molecule has 192 valence electrons. The Labute approximate surface area is 210 Å². The smallest absolute Gasteiger partial charge is 0.238 e. The lowest BCUT2D eigenvalue weighted by molar-refractivity contribution is 0.163. The molecule has 0 bridgehead atoms. The molecule has 35 heavy (non-hydrogen) atoms. The fraction of sp³-hybridized carbons (Fsp3) is 0.630. The highest BCUT2D eigenvalue weighted by Gasteiger charge is 2.37. The summed E-state index contributed by atoms with van der Waals surface area (Å²) in [5.74, 6) is 1.32. The van der Waals surface area contributed by atoms with E-state index < -0.39 is 12.9 Å². The monoisotopic (exact) mass is 500 g/mol. The summed E-state index contributed by atoms with van der Waals surface area (Å²) in [4.78, 5) is 23.6. The summed E-state index contributed by atoms with van der Waals surface area (Å²) < 4.78 is 18.9. The van der Waals surface area contributed by atoms with Crippen molar-refractivity contribution in [2.24, 2.45) is 32.5 Å². The number of nitrogens with zero attached hydrogens (tertiary/aromatic N) is 3. The maximum absolute atomic E-state index is 12.7. The lowest BCUT2D eigenvalue weighted by Crippen LogP contribution is -2.42. The third-order valence-corrected chi connectivity index (χ3v) is 9.56. The standard InChI is InChI=1S/C27H41N4O3P/c1-6-17-35(33,31-32)18-20-11-13-22(14-12-20)21-9-8-10-23(16-15-21)25-27(4,5)34-26(29-7-2)24(30-25)19(3)28/h9-10,15-16,20,22H,6-8,11-14,17-18,28H2,1-5H3/b24-19-,29-26+/t20-,22-,35?. The van der Waals surface area contributed by atoms with E-state index in [-0.39, 0.29) is 0 Å². The summed E-state index contributed by atoms with van der Waals surface area (Å²) in [5.41, 5.74) is 9.94. The van der Waals surface area contributed by atoms with E-state index in [1.54, 1.807) is 0 Å². The molecular weight excluding hydrogens is 459 g/mol. The van der Waals surface area contributed by atoms with Crippen LogP contribution in [0, 0.1) is 16.7 Å². The van der Waals surface area contributed by atoms with Gasteiger partial charge in [-0.25, -0.2) is 4.99 Å². The van der Waals surface area contributed by atoms with E-state index in [0.717, 1.165) is 49.8 Å². The van der Waals surface area contributed by atoms with Crippen molar-refractivity contribution in [2.75, 3.05) is 18.9 Å². The lowest BCUT2D eigenvalue weighted by Gasteiger charge is -2.34. The summed E-state index contributed by atoms with van der Waals surface area (Å²) in [6, 6.07) is 0. The van der Waals surface area contributed by atoms with Crippen molar-refractivity contribution >= 4 is 18.9 Å². The Bertz CT molecular complexity index is 1040. The van der Waals surface area contributed by atoms with Crippen molar-refractivity contribution < 1.29 is 9.30 Å².